The average Bonchev–Trinajstić information content (AvgIpc) is 2.37. The van der Waals surface area contributed by atoms with E-state index in [9.17, 15) is 0 Å². The maximum atomic E-state index is 6.28. The molecule has 0 bridgehead atoms. The van der Waals surface area contributed by atoms with Crippen LogP contribution in [0, 0.1) is 6.92 Å². The van der Waals surface area contributed by atoms with Crippen LogP contribution in [0.2, 0.25) is 5.02 Å². The van der Waals surface area contributed by atoms with Crippen LogP contribution < -0.4 is 10.5 Å². The van der Waals surface area contributed by atoms with Crippen LogP contribution in [0.3, 0.4) is 0 Å². The maximum absolute atomic E-state index is 6.28. The van der Waals surface area contributed by atoms with E-state index in [-0.39, 0.29) is 18.2 Å². The molecule has 112 valence electrons. The van der Waals surface area contributed by atoms with Gasteiger partial charge in [0.2, 0.25) is 0 Å². The molecule has 0 saturated heterocycles. The highest BCUT2D eigenvalue weighted by atomic mass is 35.5. The summed E-state index contributed by atoms with van der Waals surface area (Å²) in [6.07, 6.45) is 0.881. The lowest BCUT2D eigenvalue weighted by molar-refractivity contribution is -0.0947. The Bertz CT molecular complexity index is 476. The summed E-state index contributed by atoms with van der Waals surface area (Å²) >= 11 is 6.28. The first-order chi connectivity index (χ1) is 9.43. The maximum Gasteiger partial charge on any atom is 0.128 e. The molecule has 1 aromatic rings. The van der Waals surface area contributed by atoms with E-state index in [0.717, 1.165) is 28.3 Å². The minimum atomic E-state index is -0.00224. The van der Waals surface area contributed by atoms with Gasteiger partial charge in [0, 0.05) is 24.1 Å². The number of ether oxygens (including phenoxy) is 2. The molecule has 2 N–H and O–H groups in total. The lowest BCUT2D eigenvalue weighted by atomic mass is 9.86. The molecule has 3 atom stereocenters. The van der Waals surface area contributed by atoms with Gasteiger partial charge in [-0.25, -0.2) is 0 Å². The second-order valence-corrected chi connectivity index (χ2v) is 6.18. The molecular formula is C16H24ClNO2. The summed E-state index contributed by atoms with van der Waals surface area (Å²) in [7, 11) is 0. The number of nitrogens with two attached hydrogens (primary N) is 1. The van der Waals surface area contributed by atoms with Crippen molar-refractivity contribution >= 4 is 11.6 Å². The predicted octanol–water partition coefficient (Wildman–Crippen LogP) is 3.66. The molecule has 4 heteroatoms. The monoisotopic (exact) mass is 297 g/mol. The third-order valence-corrected chi connectivity index (χ3v) is 4.17. The van der Waals surface area contributed by atoms with Gasteiger partial charge in [0.15, 0.2) is 0 Å². The van der Waals surface area contributed by atoms with Gasteiger partial charge < -0.3 is 15.2 Å². The van der Waals surface area contributed by atoms with E-state index in [2.05, 4.69) is 19.9 Å². The lowest BCUT2D eigenvalue weighted by Gasteiger charge is -2.42. The van der Waals surface area contributed by atoms with Crippen molar-refractivity contribution in [2.24, 2.45) is 5.73 Å². The Morgan fingerprint density at radius 3 is 2.65 bits per heavy atom. The summed E-state index contributed by atoms with van der Waals surface area (Å²) in [5.74, 6) is 1.26. The number of rotatable bonds is 5. The van der Waals surface area contributed by atoms with E-state index in [1.807, 2.05) is 19.9 Å². The molecule has 0 amide bonds. The molecule has 1 saturated carbocycles. The zero-order chi connectivity index (χ0) is 14.9. The topological polar surface area (TPSA) is 44.5 Å². The second-order valence-electron chi connectivity index (χ2n) is 5.77. The molecular weight excluding hydrogens is 274 g/mol. The highest BCUT2D eigenvalue weighted by Gasteiger charge is 2.41. The first kappa shape index (κ1) is 15.6. The average molecular weight is 298 g/mol. The fourth-order valence-corrected chi connectivity index (χ4v) is 2.99. The smallest absolute Gasteiger partial charge is 0.128 e. The van der Waals surface area contributed by atoms with Gasteiger partial charge in [0.05, 0.1) is 0 Å². The molecule has 3 unspecified atom stereocenters. The fraction of sp³-hybridized carbons (Fsp3) is 0.625. The summed E-state index contributed by atoms with van der Waals surface area (Å²) in [4.78, 5) is 0. The van der Waals surface area contributed by atoms with E-state index in [4.69, 9.17) is 26.8 Å². The van der Waals surface area contributed by atoms with Crippen molar-refractivity contribution in [1.82, 2.24) is 0 Å². The van der Waals surface area contributed by atoms with Crippen LogP contribution in [-0.2, 0) is 4.74 Å². The Labute approximate surface area is 126 Å². The van der Waals surface area contributed by atoms with Gasteiger partial charge in [-0.05, 0) is 43.0 Å². The van der Waals surface area contributed by atoms with Gasteiger partial charge in [-0.15, -0.1) is 0 Å². The van der Waals surface area contributed by atoms with E-state index in [1.165, 1.54) is 0 Å². The SMILES string of the molecule is CCOC1C(N)CC1Oc1cc(C(C)C)c(Cl)cc1C. The molecule has 1 aliphatic rings. The van der Waals surface area contributed by atoms with Gasteiger partial charge in [-0.1, -0.05) is 25.4 Å². The number of benzene rings is 1. The molecule has 20 heavy (non-hydrogen) atoms. The van der Waals surface area contributed by atoms with Crippen molar-refractivity contribution in [2.75, 3.05) is 6.61 Å². The largest absolute Gasteiger partial charge is 0.487 e. The molecule has 0 aromatic heterocycles. The van der Waals surface area contributed by atoms with E-state index >= 15 is 0 Å². The summed E-state index contributed by atoms with van der Waals surface area (Å²) in [5.41, 5.74) is 8.13. The zero-order valence-electron chi connectivity index (χ0n) is 12.7. The fourth-order valence-electron chi connectivity index (χ4n) is 2.56. The second kappa shape index (κ2) is 6.33. The zero-order valence-corrected chi connectivity index (χ0v) is 13.4. The predicted molar refractivity (Wildman–Crippen MR) is 82.7 cm³/mol. The summed E-state index contributed by atoms with van der Waals surface area (Å²) in [6, 6.07) is 4.10. The van der Waals surface area contributed by atoms with Crippen LogP contribution in [0.25, 0.3) is 0 Å². The van der Waals surface area contributed by atoms with Crippen LogP contribution in [0.4, 0.5) is 0 Å². The molecule has 2 rings (SSSR count). The van der Waals surface area contributed by atoms with Crippen molar-refractivity contribution in [2.45, 2.75) is 58.3 Å². The molecule has 1 aromatic carbocycles. The third kappa shape index (κ3) is 3.11. The molecule has 0 spiro atoms. The molecule has 0 heterocycles. The summed E-state index contributed by atoms with van der Waals surface area (Å²) < 4.78 is 11.7. The van der Waals surface area contributed by atoms with Crippen LogP contribution >= 0.6 is 11.6 Å². The third-order valence-electron chi connectivity index (χ3n) is 3.85. The number of hydrogen-bond acceptors (Lipinski definition) is 3. The van der Waals surface area contributed by atoms with Gasteiger partial charge in [-0.3, -0.25) is 0 Å². The normalized spacial score (nSPS) is 25.6. The van der Waals surface area contributed by atoms with Crippen LogP contribution in [-0.4, -0.2) is 24.9 Å². The lowest BCUT2D eigenvalue weighted by Crippen LogP contribution is -2.59. The Morgan fingerprint density at radius 1 is 1.40 bits per heavy atom. The van der Waals surface area contributed by atoms with Gasteiger partial charge in [-0.2, -0.15) is 0 Å². The minimum absolute atomic E-state index is 0.00224. The summed E-state index contributed by atoms with van der Waals surface area (Å²) in [6.45, 7) is 8.91. The number of halogens is 1. The minimum Gasteiger partial charge on any atom is -0.487 e. The summed E-state index contributed by atoms with van der Waals surface area (Å²) in [5, 5.41) is 0.802. The molecule has 1 aliphatic carbocycles. The Hall–Kier alpha value is -0.770. The van der Waals surface area contributed by atoms with Crippen LogP contribution in [0.5, 0.6) is 5.75 Å². The molecule has 3 nitrogen and oxygen atoms in total. The molecule has 0 radical (unpaired) electrons. The molecule has 1 fully saturated rings. The first-order valence-electron chi connectivity index (χ1n) is 7.27. The Morgan fingerprint density at radius 2 is 2.10 bits per heavy atom. The van der Waals surface area contributed by atoms with Crippen molar-refractivity contribution in [3.05, 3.63) is 28.3 Å². The quantitative estimate of drug-likeness (QED) is 0.902. The van der Waals surface area contributed by atoms with E-state index in [1.54, 1.807) is 0 Å². The van der Waals surface area contributed by atoms with E-state index < -0.39 is 0 Å². The van der Waals surface area contributed by atoms with Gasteiger partial charge in [0.25, 0.3) is 0 Å². The van der Waals surface area contributed by atoms with Gasteiger partial charge >= 0.3 is 0 Å². The molecule has 0 aliphatic heterocycles. The van der Waals surface area contributed by atoms with Crippen molar-refractivity contribution in [3.63, 3.8) is 0 Å². The van der Waals surface area contributed by atoms with Crippen molar-refractivity contribution in [3.8, 4) is 5.75 Å². The van der Waals surface area contributed by atoms with Crippen LogP contribution in [0.1, 0.15) is 44.2 Å². The van der Waals surface area contributed by atoms with Gasteiger partial charge in [0.1, 0.15) is 18.0 Å². The highest BCUT2D eigenvalue weighted by molar-refractivity contribution is 6.31. The highest BCUT2D eigenvalue weighted by Crippen LogP contribution is 2.34. The van der Waals surface area contributed by atoms with Crippen molar-refractivity contribution in [1.29, 1.82) is 0 Å². The van der Waals surface area contributed by atoms with E-state index in [0.29, 0.717) is 12.5 Å². The number of hydrogen-bond donors (Lipinski definition) is 1. The van der Waals surface area contributed by atoms with Crippen molar-refractivity contribution < 1.29 is 9.47 Å². The Kier molecular flexibility index (Phi) is 4.95. The number of aryl methyl sites for hydroxylation is 1. The Balaban J connectivity index is 2.15. The standard InChI is InChI=1S/C16H24ClNO2/c1-5-19-16-13(18)8-15(16)20-14-7-11(9(2)3)12(17)6-10(14)4/h6-7,9,13,15-16H,5,8,18H2,1-4H3. The first-order valence-corrected chi connectivity index (χ1v) is 7.65. The van der Waals surface area contributed by atoms with Crippen LogP contribution in [0.15, 0.2) is 12.1 Å².